The van der Waals surface area contributed by atoms with Crippen LogP contribution in [0.5, 0.6) is 0 Å². The first-order valence-corrected chi connectivity index (χ1v) is 9.40. The maximum atomic E-state index is 12.8. The lowest BCUT2D eigenvalue weighted by Crippen LogP contribution is -2.49. The third-order valence-corrected chi connectivity index (χ3v) is 5.68. The number of aromatic nitrogens is 1. The van der Waals surface area contributed by atoms with Gasteiger partial charge in [-0.1, -0.05) is 29.3 Å². The first-order chi connectivity index (χ1) is 13.2. The Morgan fingerprint density at radius 2 is 1.96 bits per heavy atom. The number of hydrogen-bond acceptors (Lipinski definition) is 3. The molecule has 2 aromatic rings. The number of alkyl halides is 3. The number of benzene rings is 1. The molecule has 2 unspecified atom stereocenters. The molecule has 1 aromatic heterocycles. The monoisotopic (exact) mass is 431 g/mol. The van der Waals surface area contributed by atoms with E-state index in [1.165, 1.54) is 0 Å². The molecule has 0 spiro atoms. The van der Waals surface area contributed by atoms with Gasteiger partial charge in [0.05, 0.1) is 15.6 Å². The highest BCUT2D eigenvalue weighted by Gasteiger charge is 2.34. The second kappa shape index (κ2) is 8.27. The van der Waals surface area contributed by atoms with Gasteiger partial charge in [-0.2, -0.15) is 13.2 Å². The number of hydrogen-bond donors (Lipinski definition) is 1. The number of nitrogens with zero attached hydrogens (tertiary/aromatic N) is 2. The second-order valence-corrected chi connectivity index (χ2v) is 7.50. The Balaban J connectivity index is 1.83. The minimum absolute atomic E-state index is 0.0260. The number of rotatable bonds is 3. The number of carbonyl (C=O) groups is 1. The Morgan fingerprint density at radius 1 is 1.21 bits per heavy atom. The van der Waals surface area contributed by atoms with Gasteiger partial charge in [0.15, 0.2) is 0 Å². The van der Waals surface area contributed by atoms with E-state index in [0.717, 1.165) is 24.2 Å². The van der Waals surface area contributed by atoms with Gasteiger partial charge >= 0.3 is 6.18 Å². The fourth-order valence-corrected chi connectivity index (χ4v) is 3.72. The number of carbonyl (C=O) groups excluding carboxylic acids is 1. The van der Waals surface area contributed by atoms with Gasteiger partial charge in [0.1, 0.15) is 5.69 Å². The lowest BCUT2D eigenvalue weighted by molar-refractivity contribution is -0.137. The van der Waals surface area contributed by atoms with Crippen LogP contribution in [0.1, 0.15) is 34.0 Å². The minimum atomic E-state index is -4.49. The molecule has 9 heteroatoms. The Bertz CT molecular complexity index is 858. The quantitative estimate of drug-likeness (QED) is 0.770. The van der Waals surface area contributed by atoms with Crippen LogP contribution < -0.4 is 5.32 Å². The summed E-state index contributed by atoms with van der Waals surface area (Å²) in [5.41, 5.74) is 0.0239. The number of likely N-dealkylation sites (N-methyl/N-ethyl adjacent to an activating group) is 1. The average Bonchev–Trinajstić information content (AvgIpc) is 2.68. The van der Waals surface area contributed by atoms with Crippen molar-refractivity contribution in [3.8, 4) is 0 Å². The van der Waals surface area contributed by atoms with Gasteiger partial charge in [0.2, 0.25) is 0 Å². The van der Waals surface area contributed by atoms with Crippen molar-refractivity contribution in [3.63, 3.8) is 0 Å². The summed E-state index contributed by atoms with van der Waals surface area (Å²) in [6.07, 6.45) is -3.12. The molecule has 150 valence electrons. The number of halogens is 5. The van der Waals surface area contributed by atoms with Crippen molar-refractivity contribution in [2.75, 3.05) is 20.1 Å². The third kappa shape index (κ3) is 4.42. The number of amides is 1. The molecule has 1 aliphatic rings. The van der Waals surface area contributed by atoms with E-state index in [4.69, 9.17) is 23.2 Å². The summed E-state index contributed by atoms with van der Waals surface area (Å²) in [7, 11) is 1.64. The molecular weight excluding hydrogens is 414 g/mol. The lowest BCUT2D eigenvalue weighted by atomic mass is 9.86. The molecule has 2 atom stereocenters. The predicted octanol–water partition coefficient (Wildman–Crippen LogP) is 4.62. The van der Waals surface area contributed by atoms with Crippen LogP contribution in [-0.2, 0) is 6.18 Å². The van der Waals surface area contributed by atoms with E-state index in [1.807, 2.05) is 6.07 Å². The van der Waals surface area contributed by atoms with Crippen LogP contribution >= 0.6 is 23.2 Å². The van der Waals surface area contributed by atoms with Gasteiger partial charge in [-0.3, -0.25) is 9.78 Å². The summed E-state index contributed by atoms with van der Waals surface area (Å²) in [6.45, 7) is 1.36. The normalized spacial score (nSPS) is 20.1. The summed E-state index contributed by atoms with van der Waals surface area (Å²) in [5.74, 6) is -0.461. The van der Waals surface area contributed by atoms with E-state index < -0.39 is 17.6 Å². The van der Waals surface area contributed by atoms with E-state index in [9.17, 15) is 18.0 Å². The van der Waals surface area contributed by atoms with E-state index in [0.29, 0.717) is 29.2 Å². The van der Waals surface area contributed by atoms with E-state index in [-0.39, 0.29) is 17.7 Å². The zero-order valence-corrected chi connectivity index (χ0v) is 16.4. The van der Waals surface area contributed by atoms with E-state index in [1.54, 1.807) is 24.1 Å². The topological polar surface area (TPSA) is 45.2 Å². The van der Waals surface area contributed by atoms with Crippen LogP contribution in [-0.4, -0.2) is 42.0 Å². The molecule has 1 N–H and O–H groups in total. The highest BCUT2D eigenvalue weighted by atomic mass is 35.5. The lowest BCUT2D eigenvalue weighted by Gasteiger charge is -2.38. The number of pyridine rings is 1. The Kier molecular flexibility index (Phi) is 6.17. The van der Waals surface area contributed by atoms with Gasteiger partial charge in [0.25, 0.3) is 5.91 Å². The minimum Gasteiger partial charge on any atom is -0.337 e. The van der Waals surface area contributed by atoms with Crippen LogP contribution in [0.25, 0.3) is 0 Å². The number of nitrogens with one attached hydrogen (secondary N) is 1. The molecule has 0 radical (unpaired) electrons. The van der Waals surface area contributed by atoms with Crippen LogP contribution in [0.4, 0.5) is 13.2 Å². The molecular formula is C19H18Cl2F3N3O. The molecule has 3 rings (SSSR count). The Labute approximate surface area is 170 Å². The maximum Gasteiger partial charge on any atom is 0.417 e. The van der Waals surface area contributed by atoms with Crippen LogP contribution in [0.3, 0.4) is 0 Å². The summed E-state index contributed by atoms with van der Waals surface area (Å²) in [4.78, 5) is 18.1. The van der Waals surface area contributed by atoms with Gasteiger partial charge in [-0.05, 0) is 42.8 Å². The van der Waals surface area contributed by atoms with Gasteiger partial charge in [0, 0.05) is 31.7 Å². The smallest absolute Gasteiger partial charge is 0.337 e. The van der Waals surface area contributed by atoms with Crippen molar-refractivity contribution in [1.82, 2.24) is 15.2 Å². The van der Waals surface area contributed by atoms with Crippen molar-refractivity contribution >= 4 is 29.1 Å². The molecule has 1 aromatic carbocycles. The van der Waals surface area contributed by atoms with Crippen LogP contribution in [0.15, 0.2) is 36.5 Å². The average molecular weight is 432 g/mol. The van der Waals surface area contributed by atoms with Gasteiger partial charge in [-0.15, -0.1) is 0 Å². The zero-order chi connectivity index (χ0) is 20.5. The maximum absolute atomic E-state index is 12.8. The molecule has 0 saturated carbocycles. The van der Waals surface area contributed by atoms with Gasteiger partial charge in [-0.25, -0.2) is 0 Å². The summed E-state index contributed by atoms with van der Waals surface area (Å²) in [6, 6.07) is 7.18. The summed E-state index contributed by atoms with van der Waals surface area (Å²) >= 11 is 12.1. The molecule has 0 aliphatic carbocycles. The fraction of sp³-hybridized carbons (Fsp3) is 0.368. The van der Waals surface area contributed by atoms with Crippen molar-refractivity contribution < 1.29 is 18.0 Å². The van der Waals surface area contributed by atoms with E-state index in [2.05, 4.69) is 10.3 Å². The Hall–Kier alpha value is -1.83. The highest BCUT2D eigenvalue weighted by molar-refractivity contribution is 6.42. The van der Waals surface area contributed by atoms with Crippen LogP contribution in [0, 0.1) is 0 Å². The van der Waals surface area contributed by atoms with Crippen molar-refractivity contribution in [3.05, 3.63) is 63.4 Å². The molecule has 1 saturated heterocycles. The largest absolute Gasteiger partial charge is 0.417 e. The van der Waals surface area contributed by atoms with Gasteiger partial charge < -0.3 is 10.2 Å². The number of piperidine rings is 1. The first-order valence-electron chi connectivity index (χ1n) is 8.64. The molecule has 2 heterocycles. The highest BCUT2D eigenvalue weighted by Crippen LogP contribution is 2.33. The predicted molar refractivity (Wildman–Crippen MR) is 102 cm³/mol. The Morgan fingerprint density at radius 3 is 2.57 bits per heavy atom. The second-order valence-electron chi connectivity index (χ2n) is 6.69. The van der Waals surface area contributed by atoms with Crippen molar-refractivity contribution in [2.45, 2.75) is 24.6 Å². The SMILES string of the molecule is CN(C(=O)c1ccc(C(F)(F)F)cn1)C1CCNCC1c1ccc(Cl)c(Cl)c1. The summed E-state index contributed by atoms with van der Waals surface area (Å²) in [5, 5.41) is 4.18. The molecule has 0 bridgehead atoms. The first kappa shape index (κ1) is 20.9. The summed E-state index contributed by atoms with van der Waals surface area (Å²) < 4.78 is 38.1. The standard InChI is InChI=1S/C19H18Cl2F3N3O/c1-27(18(28)16-5-3-12(9-26-16)19(22,23)24)17-6-7-25-10-13(17)11-2-4-14(20)15(21)8-11/h2-5,8-9,13,17,25H,6-7,10H2,1H3. The van der Waals surface area contributed by atoms with Crippen molar-refractivity contribution in [1.29, 1.82) is 0 Å². The van der Waals surface area contributed by atoms with E-state index >= 15 is 0 Å². The van der Waals surface area contributed by atoms with Crippen LogP contribution in [0.2, 0.25) is 10.0 Å². The third-order valence-electron chi connectivity index (χ3n) is 4.95. The molecule has 1 aliphatic heterocycles. The molecule has 28 heavy (non-hydrogen) atoms. The molecule has 1 amide bonds. The fourth-order valence-electron chi connectivity index (χ4n) is 3.41. The molecule has 1 fully saturated rings. The van der Waals surface area contributed by atoms with Crippen molar-refractivity contribution in [2.24, 2.45) is 0 Å². The molecule has 4 nitrogen and oxygen atoms in total. The zero-order valence-electron chi connectivity index (χ0n) is 14.9.